The van der Waals surface area contributed by atoms with E-state index in [-0.39, 0.29) is 10.3 Å². The third-order valence-corrected chi connectivity index (χ3v) is 1.71. The molecule has 0 saturated heterocycles. The van der Waals surface area contributed by atoms with Gasteiger partial charge >= 0.3 is 5.69 Å². The maximum Gasteiger partial charge on any atom is 0.398 e. The number of nitrogens with one attached hydrogen (secondary N) is 2. The number of H-pyrrole nitrogens is 2. The lowest BCUT2D eigenvalue weighted by molar-refractivity contribution is 1.04. The van der Waals surface area contributed by atoms with Gasteiger partial charge in [0.05, 0.1) is 0 Å². The lowest BCUT2D eigenvalue weighted by Gasteiger charge is -1.90. The van der Waals surface area contributed by atoms with Gasteiger partial charge in [-0.1, -0.05) is 22.5 Å². The molecule has 0 aliphatic heterocycles. The molecule has 0 bridgehead atoms. The van der Waals surface area contributed by atoms with Crippen LogP contribution in [-0.4, -0.2) is 9.97 Å². The van der Waals surface area contributed by atoms with E-state index in [4.69, 9.17) is 6.57 Å². The average Bonchev–Trinajstić information content (AvgIpc) is 1.96. The Morgan fingerprint density at radius 3 is 2.55 bits per heavy atom. The van der Waals surface area contributed by atoms with Crippen LogP contribution in [0.1, 0.15) is 0 Å². The molecule has 11 heavy (non-hydrogen) atoms. The second-order valence-electron chi connectivity index (χ2n) is 1.68. The number of rotatable bonds is 0. The van der Waals surface area contributed by atoms with E-state index in [0.29, 0.717) is 0 Å². The first-order valence-corrected chi connectivity index (χ1v) is 3.34. The Balaban J connectivity index is 3.66. The van der Waals surface area contributed by atoms with Crippen LogP contribution in [0.25, 0.3) is 4.85 Å². The van der Waals surface area contributed by atoms with Crippen molar-refractivity contribution >= 4 is 21.7 Å². The second-order valence-corrected chi connectivity index (χ2v) is 2.48. The molecule has 0 aromatic carbocycles. The summed E-state index contributed by atoms with van der Waals surface area (Å²) < 4.78 is 0.0482. The smallest absolute Gasteiger partial charge is 0.363 e. The summed E-state index contributed by atoms with van der Waals surface area (Å²) in [7, 11) is 0. The van der Waals surface area contributed by atoms with Gasteiger partial charge in [0.2, 0.25) is 0 Å². The summed E-state index contributed by atoms with van der Waals surface area (Å²) in [6.07, 6.45) is 0. The van der Waals surface area contributed by atoms with Gasteiger partial charge in [-0.2, -0.15) is 0 Å². The van der Waals surface area contributed by atoms with Crippen molar-refractivity contribution < 1.29 is 0 Å². The predicted molar refractivity (Wildman–Crippen MR) is 41.6 cm³/mol. The normalized spacial score (nSPS) is 9.09. The van der Waals surface area contributed by atoms with E-state index in [9.17, 15) is 9.59 Å². The summed E-state index contributed by atoms with van der Waals surface area (Å²) in [5.41, 5.74) is -1.27. The number of halogens is 1. The lowest BCUT2D eigenvalue weighted by atomic mass is 10.6. The summed E-state index contributed by atoms with van der Waals surface area (Å²) >= 11 is 2.85. The van der Waals surface area contributed by atoms with Gasteiger partial charge < -0.3 is 4.85 Å². The van der Waals surface area contributed by atoms with E-state index < -0.39 is 11.2 Å². The molecule has 2 N–H and O–H groups in total. The zero-order valence-corrected chi connectivity index (χ0v) is 6.73. The van der Waals surface area contributed by atoms with Crippen LogP contribution in [0.4, 0.5) is 5.82 Å². The number of aromatic nitrogens is 2. The highest BCUT2D eigenvalue weighted by atomic mass is 79.9. The Labute approximate surface area is 69.0 Å². The van der Waals surface area contributed by atoms with Gasteiger partial charge in [0.1, 0.15) is 4.47 Å². The molecule has 6 heteroatoms. The van der Waals surface area contributed by atoms with Crippen molar-refractivity contribution in [1.82, 2.24) is 9.97 Å². The fourth-order valence-corrected chi connectivity index (χ4v) is 0.823. The fraction of sp³-hybridized carbons (Fsp3) is 0. The summed E-state index contributed by atoms with van der Waals surface area (Å²) in [6.45, 7) is 6.55. The van der Waals surface area contributed by atoms with Gasteiger partial charge in [-0.3, -0.25) is 14.8 Å². The second kappa shape index (κ2) is 2.72. The van der Waals surface area contributed by atoms with E-state index in [1.807, 2.05) is 4.98 Å². The zero-order chi connectivity index (χ0) is 8.43. The predicted octanol–water partition coefficient (Wildman–Crippen LogP) is 0.376. The van der Waals surface area contributed by atoms with Gasteiger partial charge in [0, 0.05) is 0 Å². The molecule has 5 nitrogen and oxygen atoms in total. The highest BCUT2D eigenvalue weighted by molar-refractivity contribution is 9.10. The topological polar surface area (TPSA) is 70.1 Å². The summed E-state index contributed by atoms with van der Waals surface area (Å²) in [4.78, 5) is 28.3. The third-order valence-electron chi connectivity index (χ3n) is 0.978. The quantitative estimate of drug-likeness (QED) is 0.615. The molecule has 0 fully saturated rings. The van der Waals surface area contributed by atoms with Gasteiger partial charge in [-0.25, -0.2) is 4.79 Å². The van der Waals surface area contributed by atoms with E-state index in [0.717, 1.165) is 0 Å². The zero-order valence-electron chi connectivity index (χ0n) is 5.14. The van der Waals surface area contributed by atoms with Crippen LogP contribution in [0, 0.1) is 6.57 Å². The van der Waals surface area contributed by atoms with E-state index in [2.05, 4.69) is 25.8 Å². The first-order valence-electron chi connectivity index (χ1n) is 2.54. The van der Waals surface area contributed by atoms with Crippen molar-refractivity contribution in [3.8, 4) is 0 Å². The first kappa shape index (κ1) is 7.75. The van der Waals surface area contributed by atoms with Crippen LogP contribution in [0.2, 0.25) is 0 Å². The Morgan fingerprint density at radius 1 is 1.36 bits per heavy atom. The van der Waals surface area contributed by atoms with Crippen LogP contribution in [0.3, 0.4) is 0 Å². The Hall–Kier alpha value is -1.35. The van der Waals surface area contributed by atoms with Crippen LogP contribution < -0.4 is 11.2 Å². The highest BCUT2D eigenvalue weighted by Gasteiger charge is 2.03. The highest BCUT2D eigenvalue weighted by Crippen LogP contribution is 2.14. The van der Waals surface area contributed by atoms with Crippen LogP contribution in [0.15, 0.2) is 14.1 Å². The van der Waals surface area contributed by atoms with Gasteiger partial charge in [0.15, 0.2) is 0 Å². The van der Waals surface area contributed by atoms with Gasteiger partial charge in [-0.05, 0) is 0 Å². The van der Waals surface area contributed by atoms with Crippen molar-refractivity contribution in [1.29, 1.82) is 0 Å². The monoisotopic (exact) mass is 215 g/mol. The lowest BCUT2D eigenvalue weighted by Crippen LogP contribution is -2.21. The fourth-order valence-electron chi connectivity index (χ4n) is 0.536. The van der Waals surface area contributed by atoms with Crippen LogP contribution >= 0.6 is 15.9 Å². The molecular weight excluding hydrogens is 214 g/mol. The van der Waals surface area contributed by atoms with E-state index in [1.165, 1.54) is 0 Å². The number of hydrogen-bond acceptors (Lipinski definition) is 2. The number of hydrogen-bond donors (Lipinski definition) is 2. The number of nitrogens with zero attached hydrogens (tertiary/aromatic N) is 1. The molecule has 1 rings (SSSR count). The summed E-state index contributed by atoms with van der Waals surface area (Å²) in [5.74, 6) is -0.0845. The molecule has 0 aliphatic carbocycles. The SMILES string of the molecule is [C-]#[N+]c1[nH]c(=O)[nH]c(=O)c1Br. The van der Waals surface area contributed by atoms with Crippen molar-refractivity contribution in [2.24, 2.45) is 0 Å². The summed E-state index contributed by atoms with van der Waals surface area (Å²) in [5, 5.41) is 0. The Kier molecular flexibility index (Phi) is 1.92. The van der Waals surface area contributed by atoms with Crippen molar-refractivity contribution in [2.45, 2.75) is 0 Å². The minimum atomic E-state index is -0.677. The molecule has 56 valence electrons. The Morgan fingerprint density at radius 2 is 2.00 bits per heavy atom. The molecule has 1 heterocycles. The van der Waals surface area contributed by atoms with E-state index in [1.54, 1.807) is 0 Å². The Bertz CT molecular complexity index is 425. The molecule has 1 aromatic heterocycles. The standard InChI is InChI=1S/C5H2BrN3O2/c1-7-3-2(6)4(10)9-5(11)8-3/h(H2,8,9,10,11). The maximum absolute atomic E-state index is 10.8. The minimum Gasteiger partial charge on any atom is -0.363 e. The van der Waals surface area contributed by atoms with Crippen molar-refractivity contribution in [2.75, 3.05) is 0 Å². The minimum absolute atomic E-state index is 0.0482. The number of aromatic amines is 2. The molecule has 0 saturated carbocycles. The molecule has 0 atom stereocenters. The van der Waals surface area contributed by atoms with Crippen LogP contribution in [0.5, 0.6) is 0 Å². The third kappa shape index (κ3) is 1.38. The molecule has 0 radical (unpaired) electrons. The van der Waals surface area contributed by atoms with Crippen molar-refractivity contribution in [3.05, 3.63) is 36.7 Å². The molecule has 0 unspecified atom stereocenters. The summed E-state index contributed by atoms with van der Waals surface area (Å²) in [6, 6.07) is 0. The molecule has 1 aromatic rings. The average molecular weight is 216 g/mol. The largest absolute Gasteiger partial charge is 0.398 e. The van der Waals surface area contributed by atoms with E-state index >= 15 is 0 Å². The van der Waals surface area contributed by atoms with Gasteiger partial charge in [0.25, 0.3) is 11.4 Å². The first-order chi connectivity index (χ1) is 5.15. The molecular formula is C5H2BrN3O2. The van der Waals surface area contributed by atoms with Crippen molar-refractivity contribution in [3.63, 3.8) is 0 Å². The molecule has 0 aliphatic rings. The molecule has 0 amide bonds. The molecule has 0 spiro atoms. The maximum atomic E-state index is 10.8. The van der Waals surface area contributed by atoms with Gasteiger partial charge in [-0.15, -0.1) is 0 Å². The van der Waals surface area contributed by atoms with Crippen LogP contribution in [-0.2, 0) is 0 Å².